The van der Waals surface area contributed by atoms with Crippen LogP contribution in [0.1, 0.15) is 29.2 Å². The molecule has 2 aromatic rings. The van der Waals surface area contributed by atoms with Crippen LogP contribution in [0, 0.1) is 24.1 Å². The number of rotatable bonds is 5. The first kappa shape index (κ1) is 16.7. The highest BCUT2D eigenvalue weighted by Crippen LogP contribution is 2.26. The van der Waals surface area contributed by atoms with Gasteiger partial charge in [-0.05, 0) is 61.2 Å². The van der Waals surface area contributed by atoms with Crippen LogP contribution in [0.3, 0.4) is 0 Å². The molecular formula is C19H20FN3. The van der Waals surface area contributed by atoms with Crippen LogP contribution >= 0.6 is 0 Å². The molecule has 2 aromatic carbocycles. The van der Waals surface area contributed by atoms with E-state index < -0.39 is 0 Å². The standard InChI is InChI=1S/C19H20FN3/c1-4-23(3)13-22-19-11-16(12-21)10-17(14(19)2)9-15-5-7-18(20)8-6-15/h5-8,10-11,13H,4,9H2,1-3H3/b22-13-. The van der Waals surface area contributed by atoms with Gasteiger partial charge in [-0.3, -0.25) is 0 Å². The molecule has 0 heterocycles. The average molecular weight is 309 g/mol. The Hall–Kier alpha value is -2.67. The number of benzene rings is 2. The third kappa shape index (κ3) is 4.40. The number of nitriles is 1. The quantitative estimate of drug-likeness (QED) is 0.613. The van der Waals surface area contributed by atoms with Crippen LogP contribution in [0.4, 0.5) is 10.1 Å². The molecule has 23 heavy (non-hydrogen) atoms. The van der Waals surface area contributed by atoms with Gasteiger partial charge in [0.2, 0.25) is 0 Å². The van der Waals surface area contributed by atoms with Crippen molar-refractivity contribution in [2.45, 2.75) is 20.3 Å². The minimum absolute atomic E-state index is 0.246. The Morgan fingerprint density at radius 3 is 2.57 bits per heavy atom. The molecule has 0 aromatic heterocycles. The van der Waals surface area contributed by atoms with Crippen LogP contribution in [0.2, 0.25) is 0 Å². The molecule has 0 atom stereocenters. The molecule has 0 fully saturated rings. The minimum Gasteiger partial charge on any atom is -0.366 e. The molecule has 0 aliphatic heterocycles. The predicted molar refractivity (Wildman–Crippen MR) is 91.6 cm³/mol. The van der Waals surface area contributed by atoms with E-state index in [0.717, 1.165) is 28.9 Å². The summed E-state index contributed by atoms with van der Waals surface area (Å²) in [5.74, 6) is -0.246. The van der Waals surface area contributed by atoms with Crippen molar-refractivity contribution < 1.29 is 4.39 Å². The Morgan fingerprint density at radius 2 is 1.96 bits per heavy atom. The van der Waals surface area contributed by atoms with E-state index in [1.807, 2.05) is 31.9 Å². The minimum atomic E-state index is -0.246. The highest BCUT2D eigenvalue weighted by Gasteiger charge is 2.08. The van der Waals surface area contributed by atoms with Crippen molar-refractivity contribution in [2.24, 2.45) is 4.99 Å². The molecule has 0 radical (unpaired) electrons. The largest absolute Gasteiger partial charge is 0.366 e. The van der Waals surface area contributed by atoms with Gasteiger partial charge in [0.1, 0.15) is 5.82 Å². The molecule has 118 valence electrons. The molecule has 0 saturated heterocycles. The van der Waals surface area contributed by atoms with Gasteiger partial charge >= 0.3 is 0 Å². The van der Waals surface area contributed by atoms with Crippen molar-refractivity contribution in [1.29, 1.82) is 5.26 Å². The molecule has 0 spiro atoms. The first-order chi connectivity index (χ1) is 11.0. The van der Waals surface area contributed by atoms with Gasteiger partial charge in [0, 0.05) is 13.6 Å². The number of hydrogen-bond acceptors (Lipinski definition) is 2. The molecule has 3 nitrogen and oxygen atoms in total. The van der Waals surface area contributed by atoms with Gasteiger partial charge in [-0.25, -0.2) is 9.38 Å². The Bertz CT molecular complexity index is 742. The molecule has 0 bridgehead atoms. The lowest BCUT2D eigenvalue weighted by Gasteiger charge is -2.12. The van der Waals surface area contributed by atoms with Crippen LogP contribution in [-0.4, -0.2) is 24.8 Å². The second kappa shape index (κ2) is 7.55. The smallest absolute Gasteiger partial charge is 0.123 e. The molecular weight excluding hydrogens is 289 g/mol. The number of aliphatic imine (C=N–C) groups is 1. The lowest BCUT2D eigenvalue weighted by molar-refractivity contribution is 0.552. The van der Waals surface area contributed by atoms with E-state index in [2.05, 4.69) is 11.1 Å². The van der Waals surface area contributed by atoms with Crippen molar-refractivity contribution in [3.8, 4) is 6.07 Å². The summed E-state index contributed by atoms with van der Waals surface area (Å²) in [6.45, 7) is 4.91. The Balaban J connectivity index is 2.37. The van der Waals surface area contributed by atoms with Crippen molar-refractivity contribution in [1.82, 2.24) is 4.90 Å². The summed E-state index contributed by atoms with van der Waals surface area (Å²) in [5.41, 5.74) is 4.45. The normalized spacial score (nSPS) is 10.7. The van der Waals surface area contributed by atoms with Gasteiger partial charge in [0.25, 0.3) is 0 Å². The molecule has 0 amide bonds. The van der Waals surface area contributed by atoms with Gasteiger partial charge < -0.3 is 4.90 Å². The van der Waals surface area contributed by atoms with Crippen LogP contribution in [0.15, 0.2) is 41.4 Å². The van der Waals surface area contributed by atoms with E-state index in [1.165, 1.54) is 12.1 Å². The molecule has 4 heteroatoms. The summed E-state index contributed by atoms with van der Waals surface area (Å²) in [7, 11) is 1.95. The first-order valence-corrected chi connectivity index (χ1v) is 7.56. The van der Waals surface area contributed by atoms with Crippen molar-refractivity contribution in [3.05, 3.63) is 64.5 Å². The topological polar surface area (TPSA) is 39.4 Å². The molecule has 0 N–H and O–H groups in total. The maximum absolute atomic E-state index is 13.0. The zero-order valence-corrected chi connectivity index (χ0v) is 13.7. The number of halogens is 1. The monoisotopic (exact) mass is 309 g/mol. The van der Waals surface area contributed by atoms with E-state index in [0.29, 0.717) is 12.0 Å². The maximum atomic E-state index is 13.0. The van der Waals surface area contributed by atoms with Crippen molar-refractivity contribution >= 4 is 12.0 Å². The van der Waals surface area contributed by atoms with E-state index in [-0.39, 0.29) is 5.82 Å². The summed E-state index contributed by atoms with van der Waals surface area (Å²) < 4.78 is 13.0. The second-order valence-electron chi connectivity index (χ2n) is 5.51. The third-order valence-corrected chi connectivity index (χ3v) is 3.82. The fourth-order valence-corrected chi connectivity index (χ4v) is 2.20. The molecule has 0 unspecified atom stereocenters. The van der Waals surface area contributed by atoms with Gasteiger partial charge in [0.15, 0.2) is 0 Å². The van der Waals surface area contributed by atoms with Crippen LogP contribution in [0.5, 0.6) is 0 Å². The summed E-state index contributed by atoms with van der Waals surface area (Å²) in [6, 6.07) is 12.3. The Kier molecular flexibility index (Phi) is 5.48. The summed E-state index contributed by atoms with van der Waals surface area (Å²) in [5, 5.41) is 9.24. The fourth-order valence-electron chi connectivity index (χ4n) is 2.20. The van der Waals surface area contributed by atoms with Crippen LogP contribution in [-0.2, 0) is 6.42 Å². The van der Waals surface area contributed by atoms with E-state index in [9.17, 15) is 9.65 Å². The highest BCUT2D eigenvalue weighted by atomic mass is 19.1. The zero-order valence-electron chi connectivity index (χ0n) is 13.7. The third-order valence-electron chi connectivity index (χ3n) is 3.82. The Morgan fingerprint density at radius 1 is 1.26 bits per heavy atom. The maximum Gasteiger partial charge on any atom is 0.123 e. The number of hydrogen-bond donors (Lipinski definition) is 0. The SMILES string of the molecule is CCN(C)/C=N\c1cc(C#N)cc(Cc2ccc(F)cc2)c1C. The highest BCUT2D eigenvalue weighted by molar-refractivity contribution is 5.65. The zero-order chi connectivity index (χ0) is 16.8. The summed E-state index contributed by atoms with van der Waals surface area (Å²) in [6.07, 6.45) is 2.42. The second-order valence-corrected chi connectivity index (χ2v) is 5.51. The first-order valence-electron chi connectivity index (χ1n) is 7.56. The van der Waals surface area contributed by atoms with Gasteiger partial charge in [-0.15, -0.1) is 0 Å². The summed E-state index contributed by atoms with van der Waals surface area (Å²) in [4.78, 5) is 6.46. The van der Waals surface area contributed by atoms with Crippen LogP contribution < -0.4 is 0 Å². The van der Waals surface area contributed by atoms with E-state index >= 15 is 0 Å². The summed E-state index contributed by atoms with van der Waals surface area (Å²) >= 11 is 0. The van der Waals surface area contributed by atoms with Gasteiger partial charge in [-0.2, -0.15) is 5.26 Å². The Labute approximate surface area is 136 Å². The lowest BCUT2D eigenvalue weighted by atomic mass is 9.97. The molecule has 0 aliphatic carbocycles. The molecule has 2 rings (SSSR count). The van der Waals surface area contributed by atoms with E-state index in [1.54, 1.807) is 24.5 Å². The lowest BCUT2D eigenvalue weighted by Crippen LogP contribution is -2.14. The number of nitrogens with zero attached hydrogens (tertiary/aromatic N) is 3. The van der Waals surface area contributed by atoms with Crippen LogP contribution in [0.25, 0.3) is 0 Å². The van der Waals surface area contributed by atoms with Gasteiger partial charge in [0.05, 0.1) is 23.7 Å². The molecule has 0 saturated carbocycles. The van der Waals surface area contributed by atoms with E-state index in [4.69, 9.17) is 0 Å². The van der Waals surface area contributed by atoms with Crippen molar-refractivity contribution in [3.63, 3.8) is 0 Å². The van der Waals surface area contributed by atoms with Gasteiger partial charge in [-0.1, -0.05) is 12.1 Å². The average Bonchev–Trinajstić information content (AvgIpc) is 2.57. The fraction of sp³-hybridized carbons (Fsp3) is 0.263. The van der Waals surface area contributed by atoms with Crippen molar-refractivity contribution in [2.75, 3.05) is 13.6 Å². The molecule has 0 aliphatic rings. The predicted octanol–water partition coefficient (Wildman–Crippen LogP) is 4.21.